The quantitative estimate of drug-likeness (QED) is 0.576. The van der Waals surface area contributed by atoms with Crippen molar-refractivity contribution in [2.75, 3.05) is 18.0 Å². The highest BCUT2D eigenvalue weighted by Gasteiger charge is 2.27. The number of anilines is 1. The summed E-state index contributed by atoms with van der Waals surface area (Å²) in [5.41, 5.74) is 9.86. The summed E-state index contributed by atoms with van der Waals surface area (Å²) in [5, 5.41) is 0. The van der Waals surface area contributed by atoms with E-state index in [1.807, 2.05) is 0 Å². The fourth-order valence-electron chi connectivity index (χ4n) is 3.75. The molecule has 2 N–H and O–H groups in total. The summed E-state index contributed by atoms with van der Waals surface area (Å²) in [5.74, 6) is 1.11. The standard InChI is InChI=1S/C16H19Br3N4/c17-11-10-4-2-7-23-15(10)14(13(19)12(11)18)21-16(23)22-6-1-3-9(20)5-8-22/h9H,1-8,20H2. The number of hydrogen-bond acceptors (Lipinski definition) is 3. The van der Waals surface area contributed by atoms with Crippen LogP contribution in [0.3, 0.4) is 0 Å². The maximum absolute atomic E-state index is 6.15. The van der Waals surface area contributed by atoms with Crippen LogP contribution in [0.2, 0.25) is 0 Å². The molecule has 3 heterocycles. The number of benzene rings is 1. The molecule has 1 atom stereocenters. The first-order valence-corrected chi connectivity index (χ1v) is 10.5. The first kappa shape index (κ1) is 16.4. The molecule has 1 saturated heterocycles. The van der Waals surface area contributed by atoms with Gasteiger partial charge in [0.15, 0.2) is 0 Å². The van der Waals surface area contributed by atoms with Gasteiger partial charge < -0.3 is 15.2 Å². The van der Waals surface area contributed by atoms with Gasteiger partial charge in [0.2, 0.25) is 5.95 Å². The number of hydrogen-bond donors (Lipinski definition) is 1. The third kappa shape index (κ3) is 2.68. The molecule has 0 bridgehead atoms. The normalized spacial score (nSPS) is 21.7. The molecule has 0 spiro atoms. The summed E-state index contributed by atoms with van der Waals surface area (Å²) in [7, 11) is 0. The maximum Gasteiger partial charge on any atom is 0.206 e. The third-order valence-electron chi connectivity index (χ3n) is 4.96. The van der Waals surface area contributed by atoms with Crippen molar-refractivity contribution >= 4 is 64.8 Å². The molecule has 2 aliphatic heterocycles. The van der Waals surface area contributed by atoms with Crippen molar-refractivity contribution in [3.05, 3.63) is 19.0 Å². The highest BCUT2D eigenvalue weighted by molar-refractivity contribution is 9.14. The minimum absolute atomic E-state index is 0.330. The monoisotopic (exact) mass is 504 g/mol. The Kier molecular flexibility index (Phi) is 4.49. The minimum Gasteiger partial charge on any atom is -0.342 e. The van der Waals surface area contributed by atoms with E-state index in [1.54, 1.807) is 0 Å². The Hall–Kier alpha value is -0.110. The van der Waals surface area contributed by atoms with Crippen LogP contribution in [-0.4, -0.2) is 28.7 Å². The van der Waals surface area contributed by atoms with Crippen molar-refractivity contribution < 1.29 is 0 Å². The Balaban J connectivity index is 1.89. The second kappa shape index (κ2) is 6.32. The lowest BCUT2D eigenvalue weighted by Gasteiger charge is -2.25. The molecular weight excluding hydrogens is 488 g/mol. The number of halogens is 3. The molecule has 1 fully saturated rings. The molecule has 1 unspecified atom stereocenters. The molecule has 1 aromatic heterocycles. The van der Waals surface area contributed by atoms with Gasteiger partial charge in [0, 0.05) is 34.6 Å². The van der Waals surface area contributed by atoms with Crippen LogP contribution >= 0.6 is 47.8 Å². The van der Waals surface area contributed by atoms with Gasteiger partial charge in [0.25, 0.3) is 0 Å². The molecule has 0 saturated carbocycles. The Morgan fingerprint density at radius 3 is 2.61 bits per heavy atom. The lowest BCUT2D eigenvalue weighted by molar-refractivity contribution is 0.598. The van der Waals surface area contributed by atoms with Crippen molar-refractivity contribution in [3.63, 3.8) is 0 Å². The Labute approximate surface area is 161 Å². The fourth-order valence-corrected chi connectivity index (χ4v) is 5.51. The number of nitrogens with zero attached hydrogens (tertiary/aromatic N) is 3. The molecule has 23 heavy (non-hydrogen) atoms. The Morgan fingerprint density at radius 1 is 0.957 bits per heavy atom. The third-order valence-corrected chi connectivity index (χ3v) is 8.46. The highest BCUT2D eigenvalue weighted by Crippen LogP contribution is 2.44. The second-order valence-corrected chi connectivity index (χ2v) is 8.84. The number of rotatable bonds is 1. The van der Waals surface area contributed by atoms with Crippen LogP contribution in [0.25, 0.3) is 11.0 Å². The smallest absolute Gasteiger partial charge is 0.206 e. The molecule has 2 aliphatic rings. The van der Waals surface area contributed by atoms with Gasteiger partial charge in [-0.15, -0.1) is 0 Å². The summed E-state index contributed by atoms with van der Waals surface area (Å²) < 4.78 is 5.67. The predicted molar refractivity (Wildman–Crippen MR) is 105 cm³/mol. The zero-order chi connectivity index (χ0) is 16.1. The van der Waals surface area contributed by atoms with Crippen molar-refractivity contribution in [1.82, 2.24) is 9.55 Å². The predicted octanol–water partition coefficient (Wildman–Crippen LogP) is 4.59. The number of aryl methyl sites for hydroxylation is 2. The summed E-state index contributed by atoms with van der Waals surface area (Å²) in [4.78, 5) is 7.45. The van der Waals surface area contributed by atoms with Crippen LogP contribution in [-0.2, 0) is 13.0 Å². The van der Waals surface area contributed by atoms with E-state index in [-0.39, 0.29) is 0 Å². The lowest BCUT2D eigenvalue weighted by atomic mass is 10.0. The van der Waals surface area contributed by atoms with E-state index in [0.717, 1.165) is 76.6 Å². The average Bonchev–Trinajstić information content (AvgIpc) is 2.81. The van der Waals surface area contributed by atoms with Crippen molar-refractivity contribution in [2.45, 2.75) is 44.7 Å². The number of imidazole rings is 1. The molecule has 0 aliphatic carbocycles. The molecule has 124 valence electrons. The number of nitrogens with two attached hydrogens (primary N) is 1. The van der Waals surface area contributed by atoms with Gasteiger partial charge in [-0.3, -0.25) is 0 Å². The van der Waals surface area contributed by atoms with E-state index in [0.29, 0.717) is 6.04 Å². The molecule has 2 aromatic rings. The molecule has 0 amide bonds. The van der Waals surface area contributed by atoms with E-state index >= 15 is 0 Å². The summed E-state index contributed by atoms with van der Waals surface area (Å²) >= 11 is 11.2. The lowest BCUT2D eigenvalue weighted by Crippen LogP contribution is -2.29. The number of aromatic nitrogens is 2. The fraction of sp³-hybridized carbons (Fsp3) is 0.562. The van der Waals surface area contributed by atoms with Crippen LogP contribution in [0.15, 0.2) is 13.4 Å². The van der Waals surface area contributed by atoms with Crippen LogP contribution in [0.1, 0.15) is 31.2 Å². The van der Waals surface area contributed by atoms with E-state index in [9.17, 15) is 0 Å². The van der Waals surface area contributed by atoms with E-state index in [2.05, 4.69) is 57.3 Å². The van der Waals surface area contributed by atoms with Crippen LogP contribution in [0.5, 0.6) is 0 Å². The summed E-state index contributed by atoms with van der Waals surface area (Å²) in [6.45, 7) is 3.09. The van der Waals surface area contributed by atoms with E-state index in [1.165, 1.54) is 11.1 Å². The van der Waals surface area contributed by atoms with Crippen molar-refractivity contribution in [3.8, 4) is 0 Å². The minimum atomic E-state index is 0.330. The van der Waals surface area contributed by atoms with E-state index in [4.69, 9.17) is 10.7 Å². The largest absolute Gasteiger partial charge is 0.342 e. The van der Waals surface area contributed by atoms with Gasteiger partial charge in [-0.05, 0) is 85.5 Å². The van der Waals surface area contributed by atoms with Crippen molar-refractivity contribution in [1.29, 1.82) is 0 Å². The molecular formula is C16H19Br3N4. The summed E-state index contributed by atoms with van der Waals surface area (Å²) in [6.07, 6.45) is 5.56. The maximum atomic E-state index is 6.15. The SMILES string of the molecule is NC1CCCN(c2nc3c(Br)c(Br)c(Br)c4c3n2CCC4)CC1. The van der Waals surface area contributed by atoms with Gasteiger partial charge in [-0.2, -0.15) is 0 Å². The molecule has 7 heteroatoms. The van der Waals surface area contributed by atoms with Gasteiger partial charge in [0.05, 0.1) is 9.99 Å². The zero-order valence-corrected chi connectivity index (χ0v) is 17.5. The Morgan fingerprint density at radius 2 is 1.78 bits per heavy atom. The van der Waals surface area contributed by atoms with Gasteiger partial charge >= 0.3 is 0 Å². The second-order valence-electron chi connectivity index (χ2n) is 6.46. The molecule has 1 aromatic carbocycles. The van der Waals surface area contributed by atoms with Crippen LogP contribution < -0.4 is 10.6 Å². The van der Waals surface area contributed by atoms with Crippen molar-refractivity contribution in [2.24, 2.45) is 5.73 Å². The van der Waals surface area contributed by atoms with Crippen LogP contribution in [0.4, 0.5) is 5.95 Å². The zero-order valence-electron chi connectivity index (χ0n) is 12.8. The van der Waals surface area contributed by atoms with Crippen LogP contribution in [0, 0.1) is 0 Å². The summed E-state index contributed by atoms with van der Waals surface area (Å²) in [6, 6.07) is 0.330. The Bertz CT molecular complexity index is 771. The molecule has 4 rings (SSSR count). The van der Waals surface area contributed by atoms with Gasteiger partial charge in [-0.25, -0.2) is 4.98 Å². The first-order valence-electron chi connectivity index (χ1n) is 8.14. The first-order chi connectivity index (χ1) is 11.1. The van der Waals surface area contributed by atoms with E-state index < -0.39 is 0 Å². The molecule has 4 nitrogen and oxygen atoms in total. The van der Waals surface area contributed by atoms with Gasteiger partial charge in [0.1, 0.15) is 5.52 Å². The highest BCUT2D eigenvalue weighted by atomic mass is 79.9. The van der Waals surface area contributed by atoms with Gasteiger partial charge in [-0.1, -0.05) is 0 Å². The molecule has 0 radical (unpaired) electrons. The topological polar surface area (TPSA) is 47.1 Å². The average molecular weight is 507 g/mol.